The Morgan fingerprint density at radius 2 is 2.29 bits per heavy atom. The van der Waals surface area contributed by atoms with Crippen LogP contribution in [0.1, 0.15) is 18.4 Å². The van der Waals surface area contributed by atoms with E-state index in [4.69, 9.17) is 22.1 Å². The van der Waals surface area contributed by atoms with E-state index >= 15 is 0 Å². The minimum absolute atomic E-state index is 0.282. The summed E-state index contributed by atoms with van der Waals surface area (Å²) >= 11 is 5.83. The van der Waals surface area contributed by atoms with Gasteiger partial charge in [0.1, 0.15) is 5.82 Å². The molecular weight excluding hydrogens is 241 g/mol. The third-order valence-corrected chi connectivity index (χ3v) is 2.58. The molecular formula is C13H17ClFNO. The van der Waals surface area contributed by atoms with Gasteiger partial charge in [0.2, 0.25) is 0 Å². The molecule has 4 heteroatoms. The maximum absolute atomic E-state index is 13.5. The van der Waals surface area contributed by atoms with Gasteiger partial charge in [-0.1, -0.05) is 17.7 Å². The van der Waals surface area contributed by atoms with Crippen molar-refractivity contribution < 1.29 is 9.13 Å². The predicted molar refractivity (Wildman–Crippen MR) is 69.6 cm³/mol. The van der Waals surface area contributed by atoms with Gasteiger partial charge in [-0.2, -0.15) is 0 Å². The van der Waals surface area contributed by atoms with E-state index in [1.165, 1.54) is 12.1 Å². The molecule has 17 heavy (non-hydrogen) atoms. The van der Waals surface area contributed by atoms with Crippen molar-refractivity contribution in [2.75, 3.05) is 20.3 Å². The molecule has 1 aromatic carbocycles. The van der Waals surface area contributed by atoms with Crippen molar-refractivity contribution >= 4 is 17.7 Å². The van der Waals surface area contributed by atoms with Crippen molar-refractivity contribution in [1.82, 2.24) is 0 Å². The fraction of sp³-hybridized carbons (Fsp3) is 0.385. The standard InChI is InChI=1S/C13H17ClFNO/c1-17-9-10(3-2-6-16)7-11-8-12(14)4-5-13(11)15/h4-5,7-8H,2-3,6,9,16H2,1H3/b10-7+. The Bertz CT molecular complexity index is 393. The SMILES string of the molecule is COC/C(=C/c1cc(Cl)ccc1F)CCCN. The van der Waals surface area contributed by atoms with Crippen LogP contribution in [0.2, 0.25) is 5.02 Å². The molecule has 1 rings (SSSR count). The lowest BCUT2D eigenvalue weighted by Crippen LogP contribution is -2.02. The highest BCUT2D eigenvalue weighted by atomic mass is 35.5. The number of hydrogen-bond donors (Lipinski definition) is 1. The van der Waals surface area contributed by atoms with Gasteiger partial charge in [0.15, 0.2) is 0 Å². The largest absolute Gasteiger partial charge is 0.380 e. The number of methoxy groups -OCH3 is 1. The van der Waals surface area contributed by atoms with Gasteiger partial charge >= 0.3 is 0 Å². The maximum atomic E-state index is 13.5. The van der Waals surface area contributed by atoms with Gasteiger partial charge in [0, 0.05) is 17.7 Å². The molecule has 0 aliphatic carbocycles. The normalized spacial score (nSPS) is 11.9. The number of nitrogens with two attached hydrogens (primary N) is 1. The number of hydrogen-bond acceptors (Lipinski definition) is 2. The lowest BCUT2D eigenvalue weighted by atomic mass is 10.1. The van der Waals surface area contributed by atoms with Crippen LogP contribution in [-0.2, 0) is 4.74 Å². The number of benzene rings is 1. The number of ether oxygens (including phenoxy) is 1. The first-order valence-electron chi connectivity index (χ1n) is 5.51. The second-order valence-corrected chi connectivity index (χ2v) is 4.23. The minimum atomic E-state index is -0.282. The van der Waals surface area contributed by atoms with Crippen LogP contribution in [-0.4, -0.2) is 20.3 Å². The Labute approximate surface area is 106 Å². The molecule has 0 bridgehead atoms. The zero-order valence-electron chi connectivity index (χ0n) is 9.88. The van der Waals surface area contributed by atoms with E-state index < -0.39 is 0 Å². The molecule has 0 aliphatic rings. The topological polar surface area (TPSA) is 35.2 Å². The van der Waals surface area contributed by atoms with E-state index in [-0.39, 0.29) is 5.82 Å². The first kappa shape index (κ1) is 14.2. The average Bonchev–Trinajstić information content (AvgIpc) is 2.31. The molecule has 0 amide bonds. The minimum Gasteiger partial charge on any atom is -0.380 e. The Kier molecular flexibility index (Phi) is 6.19. The van der Waals surface area contributed by atoms with E-state index in [2.05, 4.69) is 0 Å². The third-order valence-electron chi connectivity index (χ3n) is 2.35. The molecule has 0 heterocycles. The number of rotatable bonds is 6. The van der Waals surface area contributed by atoms with Gasteiger partial charge in [-0.25, -0.2) is 4.39 Å². The second-order valence-electron chi connectivity index (χ2n) is 3.79. The Morgan fingerprint density at radius 1 is 1.53 bits per heavy atom. The fourth-order valence-corrected chi connectivity index (χ4v) is 1.73. The average molecular weight is 258 g/mol. The van der Waals surface area contributed by atoms with Gasteiger partial charge in [-0.15, -0.1) is 0 Å². The summed E-state index contributed by atoms with van der Waals surface area (Å²) in [4.78, 5) is 0. The quantitative estimate of drug-likeness (QED) is 0.849. The summed E-state index contributed by atoms with van der Waals surface area (Å²) < 4.78 is 18.6. The van der Waals surface area contributed by atoms with E-state index in [0.717, 1.165) is 18.4 Å². The summed E-state index contributed by atoms with van der Waals surface area (Å²) in [6.07, 6.45) is 3.44. The van der Waals surface area contributed by atoms with Crippen molar-refractivity contribution in [1.29, 1.82) is 0 Å². The van der Waals surface area contributed by atoms with Crippen molar-refractivity contribution in [3.63, 3.8) is 0 Å². The highest BCUT2D eigenvalue weighted by Gasteiger charge is 2.03. The molecule has 0 fully saturated rings. The second kappa shape index (κ2) is 7.43. The Hall–Kier alpha value is -0.900. The summed E-state index contributed by atoms with van der Waals surface area (Å²) in [5.74, 6) is -0.282. The molecule has 0 radical (unpaired) electrons. The molecule has 0 spiro atoms. The molecule has 0 unspecified atom stereocenters. The molecule has 0 atom stereocenters. The van der Waals surface area contributed by atoms with Crippen molar-refractivity contribution in [3.05, 3.63) is 40.2 Å². The molecule has 2 N–H and O–H groups in total. The van der Waals surface area contributed by atoms with Crippen LogP contribution in [0.15, 0.2) is 23.8 Å². The zero-order valence-corrected chi connectivity index (χ0v) is 10.6. The molecule has 94 valence electrons. The van der Waals surface area contributed by atoms with E-state index in [1.807, 2.05) is 0 Å². The van der Waals surface area contributed by atoms with Gasteiger partial charge in [0.25, 0.3) is 0 Å². The lowest BCUT2D eigenvalue weighted by molar-refractivity contribution is 0.223. The molecule has 2 nitrogen and oxygen atoms in total. The van der Waals surface area contributed by atoms with E-state index in [9.17, 15) is 4.39 Å². The monoisotopic (exact) mass is 257 g/mol. The Balaban J connectivity index is 2.90. The summed E-state index contributed by atoms with van der Waals surface area (Å²) in [6.45, 7) is 1.09. The first-order valence-corrected chi connectivity index (χ1v) is 5.88. The van der Waals surface area contributed by atoms with Gasteiger partial charge < -0.3 is 10.5 Å². The van der Waals surface area contributed by atoms with Crippen LogP contribution in [0, 0.1) is 5.82 Å². The van der Waals surface area contributed by atoms with Crippen molar-refractivity contribution in [2.24, 2.45) is 5.73 Å². The van der Waals surface area contributed by atoms with Crippen LogP contribution in [0.3, 0.4) is 0 Å². The van der Waals surface area contributed by atoms with E-state index in [1.54, 1.807) is 19.3 Å². The molecule has 0 aliphatic heterocycles. The maximum Gasteiger partial charge on any atom is 0.130 e. The van der Waals surface area contributed by atoms with Crippen LogP contribution < -0.4 is 5.73 Å². The van der Waals surface area contributed by atoms with Gasteiger partial charge in [0.05, 0.1) is 6.61 Å². The summed E-state index contributed by atoms with van der Waals surface area (Å²) in [7, 11) is 1.62. The highest BCUT2D eigenvalue weighted by molar-refractivity contribution is 6.30. The van der Waals surface area contributed by atoms with Crippen molar-refractivity contribution in [3.8, 4) is 0 Å². The smallest absolute Gasteiger partial charge is 0.130 e. The van der Waals surface area contributed by atoms with Crippen LogP contribution in [0.4, 0.5) is 4.39 Å². The van der Waals surface area contributed by atoms with Crippen LogP contribution >= 0.6 is 11.6 Å². The third kappa shape index (κ3) is 4.86. The first-order chi connectivity index (χ1) is 8.17. The fourth-order valence-electron chi connectivity index (χ4n) is 1.55. The summed E-state index contributed by atoms with van der Waals surface area (Å²) in [5.41, 5.74) is 6.96. The lowest BCUT2D eigenvalue weighted by Gasteiger charge is -2.06. The van der Waals surface area contributed by atoms with Gasteiger partial charge in [-0.3, -0.25) is 0 Å². The summed E-state index contributed by atoms with van der Waals surface area (Å²) in [5, 5.41) is 0.522. The highest BCUT2D eigenvalue weighted by Crippen LogP contribution is 2.19. The molecule has 0 saturated carbocycles. The number of halogens is 2. The van der Waals surface area contributed by atoms with Gasteiger partial charge in [-0.05, 0) is 43.2 Å². The summed E-state index contributed by atoms with van der Waals surface area (Å²) in [6, 6.07) is 4.50. The predicted octanol–water partition coefficient (Wildman–Crippen LogP) is 3.25. The zero-order chi connectivity index (χ0) is 12.7. The molecule has 0 aromatic heterocycles. The van der Waals surface area contributed by atoms with Crippen LogP contribution in [0.5, 0.6) is 0 Å². The molecule has 0 saturated heterocycles. The Morgan fingerprint density at radius 3 is 2.94 bits per heavy atom. The van der Waals surface area contributed by atoms with Crippen LogP contribution in [0.25, 0.3) is 6.08 Å². The van der Waals surface area contributed by atoms with E-state index in [0.29, 0.717) is 23.7 Å². The molecule has 1 aromatic rings. The van der Waals surface area contributed by atoms with Crippen molar-refractivity contribution in [2.45, 2.75) is 12.8 Å².